The molecule has 0 saturated heterocycles. The van der Waals surface area contributed by atoms with Gasteiger partial charge in [0.15, 0.2) is 0 Å². The van der Waals surface area contributed by atoms with Gasteiger partial charge in [0.05, 0.1) is 0 Å². The Bertz CT molecular complexity index is 221. The Morgan fingerprint density at radius 2 is 0.895 bits per heavy atom. The maximum Gasteiger partial charge on any atom is 0.341 e. The summed E-state index contributed by atoms with van der Waals surface area (Å²) in [6, 6.07) is -3.83. The summed E-state index contributed by atoms with van der Waals surface area (Å²) in [4.78, 5) is 0. The van der Waals surface area contributed by atoms with Gasteiger partial charge in [-0.1, -0.05) is 0 Å². The first-order valence-corrected chi connectivity index (χ1v) is 24.8. The van der Waals surface area contributed by atoms with Crippen LogP contribution in [0.2, 0.25) is 30.8 Å². The number of hydrogen-bond donors (Lipinski definition) is 0. The lowest BCUT2D eigenvalue weighted by atomic mass is 11.0. The molecular weight excluding hydrogens is 527 g/mol. The van der Waals surface area contributed by atoms with Gasteiger partial charge >= 0.3 is 12.0 Å². The third-order valence-electron chi connectivity index (χ3n) is 1.36. The average molecular weight is 539 g/mol. The predicted octanol–water partition coefficient (Wildman–Crippen LogP) is 7.92. The molecule has 0 rings (SSSR count). The van der Waals surface area contributed by atoms with Crippen LogP contribution in [0, 0.1) is 0 Å². The highest BCUT2D eigenvalue weighted by molar-refractivity contribution is 7.69. The van der Waals surface area contributed by atoms with Crippen molar-refractivity contribution in [1.82, 2.24) is 0 Å². The van der Waals surface area contributed by atoms with Gasteiger partial charge in [-0.05, 0) is 25.2 Å². The van der Waals surface area contributed by atoms with Gasteiger partial charge in [0.2, 0.25) is 13.4 Å². The molecule has 0 atom stereocenters. The molecule has 19 heavy (non-hydrogen) atoms. The summed E-state index contributed by atoms with van der Waals surface area (Å²) in [5.74, 6) is 0. The van der Waals surface area contributed by atoms with E-state index in [2.05, 4.69) is 0 Å². The third-order valence-corrected chi connectivity index (χ3v) is 16.7. The smallest absolute Gasteiger partial charge is 0.146 e. The van der Waals surface area contributed by atoms with Crippen LogP contribution >= 0.6 is 111 Å². The van der Waals surface area contributed by atoms with Crippen LogP contribution in [0.25, 0.3) is 0 Å². The number of halogens is 10. The lowest BCUT2D eigenvalue weighted by molar-refractivity contribution is 1.40. The van der Waals surface area contributed by atoms with E-state index in [1.807, 2.05) is 6.55 Å². The topological polar surface area (TPSA) is 0 Å². The molecule has 0 radical (unpaired) electrons. The molecular formula is C5H12Cl10Si4. The summed E-state index contributed by atoms with van der Waals surface area (Å²) < 4.78 is 0. The number of rotatable bonds is 5. The lowest BCUT2D eigenvalue weighted by Gasteiger charge is -2.13. The monoisotopic (exact) mass is 534 g/mol. The summed E-state index contributed by atoms with van der Waals surface area (Å²) in [6.07, 6.45) is 0. The minimum absolute atomic E-state index is 0.397. The molecule has 0 bridgehead atoms. The molecule has 0 aromatic rings. The van der Waals surface area contributed by atoms with Crippen LogP contribution in [0.15, 0.2) is 0 Å². The van der Waals surface area contributed by atoms with Crippen LogP contribution in [0.3, 0.4) is 0 Å². The van der Waals surface area contributed by atoms with Crippen molar-refractivity contribution in [3.8, 4) is 0 Å². The van der Waals surface area contributed by atoms with Crippen LogP contribution in [-0.2, 0) is 0 Å². The molecule has 14 heteroatoms. The van der Waals surface area contributed by atoms with Crippen LogP contribution in [0.1, 0.15) is 0 Å². The molecule has 0 nitrogen and oxygen atoms in total. The quantitative estimate of drug-likeness (QED) is 0.246. The molecule has 0 heterocycles. The van der Waals surface area contributed by atoms with E-state index in [4.69, 9.17) is 111 Å². The van der Waals surface area contributed by atoms with Crippen molar-refractivity contribution < 1.29 is 0 Å². The summed E-state index contributed by atoms with van der Waals surface area (Å²) >= 11 is 56.5. The van der Waals surface area contributed by atoms with E-state index >= 15 is 0 Å². The van der Waals surface area contributed by atoms with Gasteiger partial charge in [-0.15, -0.1) is 111 Å². The maximum absolute atomic E-state index is 5.79. The molecule has 0 amide bonds. The highest BCUT2D eigenvalue weighted by Crippen LogP contribution is 2.34. The minimum atomic E-state index is -2.58. The van der Waals surface area contributed by atoms with Crippen LogP contribution < -0.4 is 0 Å². The molecule has 0 aliphatic carbocycles. The molecule has 118 valence electrons. The minimum Gasteiger partial charge on any atom is -0.146 e. The van der Waals surface area contributed by atoms with Crippen molar-refractivity contribution in [3.05, 3.63) is 0 Å². The largest absolute Gasteiger partial charge is 0.341 e. The van der Waals surface area contributed by atoms with Crippen molar-refractivity contribution in [2.24, 2.45) is 0 Å². The first-order valence-electron chi connectivity index (χ1n) is 4.80. The second kappa shape index (κ2) is 9.92. The normalized spacial score (nSPS) is 13.9. The van der Waals surface area contributed by atoms with E-state index in [1.165, 1.54) is 0 Å². The Morgan fingerprint density at radius 1 is 0.526 bits per heavy atom. The van der Waals surface area contributed by atoms with Crippen LogP contribution in [0.5, 0.6) is 0 Å². The Labute approximate surface area is 165 Å². The van der Waals surface area contributed by atoms with Crippen LogP contribution in [-0.4, -0.2) is 25.4 Å². The average Bonchev–Trinajstić information content (AvgIpc) is 1.91. The van der Waals surface area contributed by atoms with E-state index in [0.29, 0.717) is 17.8 Å². The molecule has 0 N–H and O–H groups in total. The highest BCUT2D eigenvalue weighted by atomic mass is 35.8. The lowest BCUT2D eigenvalue weighted by Crippen LogP contribution is -2.25. The summed E-state index contributed by atoms with van der Waals surface area (Å²) in [5, 5.41) is 0. The van der Waals surface area contributed by atoms with Gasteiger partial charge < -0.3 is 0 Å². The van der Waals surface area contributed by atoms with Gasteiger partial charge in [0.25, 0.3) is 0 Å². The Hall–Kier alpha value is 3.77. The SMILES string of the molecule is C[Si](Cl)(Cl)CC[Si](Cl)(Cl)Cl.C[Si](Cl)(Cl)C[Si](Cl)(Cl)Cl. The second-order valence-electron chi connectivity index (χ2n) is 4.05. The molecule has 0 aliphatic heterocycles. The fourth-order valence-electron chi connectivity index (χ4n) is 0.713. The zero-order valence-corrected chi connectivity index (χ0v) is 21.5. The van der Waals surface area contributed by atoms with Crippen molar-refractivity contribution in [1.29, 1.82) is 0 Å². The molecule has 0 spiro atoms. The van der Waals surface area contributed by atoms with Gasteiger partial charge in [0, 0.05) is 5.67 Å². The first kappa shape index (κ1) is 25.0. The Morgan fingerprint density at radius 3 is 0.947 bits per heavy atom. The summed E-state index contributed by atoms with van der Waals surface area (Å²) in [7, 11) is 0. The molecule has 0 saturated carbocycles. The van der Waals surface area contributed by atoms with E-state index in [1.54, 1.807) is 6.55 Å². The fourth-order valence-corrected chi connectivity index (χ4v) is 25.2. The van der Waals surface area contributed by atoms with Gasteiger partial charge in [-0.25, -0.2) is 0 Å². The van der Waals surface area contributed by atoms with E-state index in [-0.39, 0.29) is 0 Å². The molecule has 0 aliphatic rings. The van der Waals surface area contributed by atoms with Crippen molar-refractivity contribution >= 4 is 136 Å². The maximum atomic E-state index is 5.79. The summed E-state index contributed by atoms with van der Waals surface area (Å²) in [5.41, 5.74) is 0.397. The molecule has 0 aromatic heterocycles. The first-order chi connectivity index (χ1) is 7.91. The van der Waals surface area contributed by atoms with E-state index in [9.17, 15) is 0 Å². The van der Waals surface area contributed by atoms with Gasteiger partial charge in [0.1, 0.15) is 0 Å². The second-order valence-corrected chi connectivity index (χ2v) is 39.5. The van der Waals surface area contributed by atoms with Crippen LogP contribution in [0.4, 0.5) is 0 Å². The fraction of sp³-hybridized carbons (Fsp3) is 1.00. The van der Waals surface area contributed by atoms with E-state index in [0.717, 1.165) is 0 Å². The van der Waals surface area contributed by atoms with Crippen molar-refractivity contribution in [2.45, 2.75) is 30.8 Å². The number of hydrogen-bond acceptors (Lipinski definition) is 0. The standard InChI is InChI=1S/C3H7Cl5Si2.C2H5Cl5Si2/c1-9(4,5)2-3-10(6,7)8;1-8(3,4)2-9(5,6)7/h2-3H2,1H3;2H2,1H3. The van der Waals surface area contributed by atoms with Gasteiger partial charge in [-0.3, -0.25) is 0 Å². The van der Waals surface area contributed by atoms with Crippen molar-refractivity contribution in [3.63, 3.8) is 0 Å². The predicted molar refractivity (Wildman–Crippen MR) is 108 cm³/mol. The zero-order chi connectivity index (χ0) is 16.1. The highest BCUT2D eigenvalue weighted by Gasteiger charge is 2.36. The molecule has 0 aromatic carbocycles. The summed E-state index contributed by atoms with van der Waals surface area (Å²) in [6.45, 7) is -0.662. The van der Waals surface area contributed by atoms with Crippen molar-refractivity contribution in [2.75, 3.05) is 0 Å². The Kier molecular flexibility index (Phi) is 13.1. The van der Waals surface area contributed by atoms with E-state index < -0.39 is 25.4 Å². The zero-order valence-electron chi connectivity index (χ0n) is 9.90. The Balaban J connectivity index is 0. The molecule has 0 fully saturated rings. The third kappa shape index (κ3) is 30.3. The van der Waals surface area contributed by atoms with Gasteiger partial charge in [-0.2, -0.15) is 0 Å². The molecule has 0 unspecified atom stereocenters.